The topological polar surface area (TPSA) is 81.5 Å². The molecule has 0 unspecified atom stereocenters. The fourth-order valence-electron chi connectivity index (χ4n) is 4.89. The van der Waals surface area contributed by atoms with E-state index in [4.69, 9.17) is 9.47 Å². The third kappa shape index (κ3) is 10.3. The number of rotatable bonds is 9. The molecule has 0 saturated heterocycles. The molecule has 238 valence electrons. The molecule has 6 nitrogen and oxygen atoms in total. The second-order valence-electron chi connectivity index (χ2n) is 11.2. The van der Waals surface area contributed by atoms with E-state index in [0.717, 1.165) is 5.56 Å². The van der Waals surface area contributed by atoms with Gasteiger partial charge in [0, 0.05) is 25.7 Å². The van der Waals surface area contributed by atoms with Gasteiger partial charge in [-0.3, -0.25) is 9.78 Å². The van der Waals surface area contributed by atoms with Crippen molar-refractivity contribution in [1.29, 1.82) is 0 Å². The van der Waals surface area contributed by atoms with Gasteiger partial charge in [-0.25, -0.2) is 13.8 Å². The Morgan fingerprint density at radius 3 is 1.78 bits per heavy atom. The molecule has 0 spiro atoms. The Balaban J connectivity index is 0.000000170. The number of hydrogen-bond donors (Lipinski definition) is 1. The van der Waals surface area contributed by atoms with Crippen molar-refractivity contribution in [2.24, 2.45) is 0 Å². The van der Waals surface area contributed by atoms with Crippen LogP contribution >= 0.6 is 15.9 Å². The summed E-state index contributed by atoms with van der Waals surface area (Å²) in [6.45, 7) is 4.96. The maximum atomic E-state index is 13.5. The summed E-state index contributed by atoms with van der Waals surface area (Å²) < 4.78 is 38.2. The van der Waals surface area contributed by atoms with Crippen molar-refractivity contribution in [2.45, 2.75) is 83.4 Å². The number of carbonyl (C=O) groups is 1. The number of aromatic nitrogens is 2. The van der Waals surface area contributed by atoms with Crippen molar-refractivity contribution < 1.29 is 28.2 Å². The zero-order chi connectivity index (χ0) is 32.2. The summed E-state index contributed by atoms with van der Waals surface area (Å²) >= 11 is 3.16. The van der Waals surface area contributed by atoms with Gasteiger partial charge in [0.1, 0.15) is 27.6 Å². The van der Waals surface area contributed by atoms with Gasteiger partial charge >= 0.3 is 0 Å². The Hall–Kier alpha value is -3.37. The predicted molar refractivity (Wildman–Crippen MR) is 172 cm³/mol. The van der Waals surface area contributed by atoms with Gasteiger partial charge < -0.3 is 14.6 Å². The minimum atomic E-state index is -0.987. The predicted octanol–water partition coefficient (Wildman–Crippen LogP) is 7.83. The molecule has 2 aromatic heterocycles. The molecule has 0 atom stereocenters. The van der Waals surface area contributed by atoms with Crippen LogP contribution in [0.5, 0.6) is 0 Å². The number of halogens is 3. The molecule has 2 aliphatic rings. The Labute approximate surface area is 272 Å². The number of Topliss-reactive ketones (excluding diaryl/α,β-unsaturated/α-hetero) is 1. The Bertz CT molecular complexity index is 1510. The van der Waals surface area contributed by atoms with Gasteiger partial charge in [-0.15, -0.1) is 0 Å². The molecule has 6 rings (SSSR count). The highest BCUT2D eigenvalue weighted by molar-refractivity contribution is 9.10. The monoisotopic (exact) mass is 680 g/mol. The minimum absolute atomic E-state index is 0.0159. The second kappa shape index (κ2) is 16.8. The van der Waals surface area contributed by atoms with Gasteiger partial charge in [0.2, 0.25) is 0 Å². The Kier molecular flexibility index (Phi) is 12.9. The second-order valence-corrected chi connectivity index (χ2v) is 12.0. The first-order valence-electron chi connectivity index (χ1n) is 15.2. The first kappa shape index (κ1) is 34.5. The first-order chi connectivity index (χ1) is 21.7. The standard InChI is InChI=1S/C18H20FNO2.C11H12O2.C7H7BrFN/c1-2-14-8-17(20-11-16(14)19)18(21)9-15(10-18)22-12-13-6-4-3-5-7-13;12-10-6-11(7-10)13-8-9-4-2-1-3-5-9;1-2-5-3-7(8)10-4-6(5)9/h3-8,11,15,21H,2,9-10,12H2,1H3;1-5,11H,6-8H2;3-4H,2H2,1H3. The summed E-state index contributed by atoms with van der Waals surface area (Å²) in [6.07, 6.45) is 6.11. The van der Waals surface area contributed by atoms with Crippen LogP contribution in [-0.2, 0) is 45.9 Å². The summed E-state index contributed by atoms with van der Waals surface area (Å²) in [5.41, 5.74) is 3.13. The van der Waals surface area contributed by atoms with E-state index in [1.54, 1.807) is 12.1 Å². The summed E-state index contributed by atoms with van der Waals surface area (Å²) in [4.78, 5) is 18.4. The highest BCUT2D eigenvalue weighted by atomic mass is 79.9. The average Bonchev–Trinajstić information content (AvgIpc) is 3.03. The number of aryl methyl sites for hydroxylation is 2. The fourth-order valence-corrected chi connectivity index (χ4v) is 5.27. The SMILES string of the molecule is CCc1cc(Br)ncc1F.CCc1cc(C2(O)CC(OCc3ccccc3)C2)ncc1F.O=C1CC(OCc2ccccc2)C1. The number of ketones is 1. The molecule has 2 aliphatic carbocycles. The van der Waals surface area contributed by atoms with Gasteiger partial charge in [-0.2, -0.15) is 0 Å². The van der Waals surface area contributed by atoms with Gasteiger partial charge in [0.15, 0.2) is 0 Å². The lowest BCUT2D eigenvalue weighted by atomic mass is 9.74. The van der Waals surface area contributed by atoms with Crippen molar-refractivity contribution in [2.75, 3.05) is 0 Å². The van der Waals surface area contributed by atoms with Gasteiger partial charge in [0.05, 0.1) is 43.5 Å². The van der Waals surface area contributed by atoms with Crippen LogP contribution in [0.2, 0.25) is 0 Å². The number of ether oxygens (including phenoxy) is 2. The number of benzene rings is 2. The smallest absolute Gasteiger partial charge is 0.144 e. The van der Waals surface area contributed by atoms with Gasteiger partial charge in [-0.1, -0.05) is 74.5 Å². The van der Waals surface area contributed by atoms with Crippen molar-refractivity contribution in [3.63, 3.8) is 0 Å². The fraction of sp³-hybridized carbons (Fsp3) is 0.361. The summed E-state index contributed by atoms with van der Waals surface area (Å²) in [5.74, 6) is -0.227. The number of pyridine rings is 2. The van der Waals surface area contributed by atoms with Crippen LogP contribution in [0.4, 0.5) is 8.78 Å². The summed E-state index contributed by atoms with van der Waals surface area (Å²) in [5, 5.41) is 10.6. The van der Waals surface area contributed by atoms with Crippen molar-refractivity contribution in [1.82, 2.24) is 9.97 Å². The molecular weight excluding hydrogens is 642 g/mol. The highest BCUT2D eigenvalue weighted by Gasteiger charge is 2.46. The van der Waals surface area contributed by atoms with Crippen LogP contribution in [0.25, 0.3) is 0 Å². The number of hydrogen-bond acceptors (Lipinski definition) is 6. The van der Waals surface area contributed by atoms with Crippen LogP contribution in [0.3, 0.4) is 0 Å². The molecule has 2 aromatic carbocycles. The van der Waals surface area contributed by atoms with Gasteiger partial charge in [-0.05, 0) is 63.2 Å². The van der Waals surface area contributed by atoms with Crippen molar-refractivity contribution >= 4 is 21.7 Å². The lowest BCUT2D eigenvalue weighted by Gasteiger charge is -2.42. The molecule has 0 amide bonds. The number of nitrogens with zero attached hydrogens (tertiary/aromatic N) is 2. The van der Waals surface area contributed by atoms with Crippen LogP contribution < -0.4 is 0 Å². The van der Waals surface area contributed by atoms with Crippen LogP contribution in [0, 0.1) is 11.6 Å². The molecule has 4 aromatic rings. The number of carbonyl (C=O) groups excluding carboxylic acids is 1. The lowest BCUT2D eigenvalue weighted by Crippen LogP contribution is -2.46. The van der Waals surface area contributed by atoms with E-state index in [0.29, 0.717) is 78.9 Å². The van der Waals surface area contributed by atoms with Crippen molar-refractivity contribution in [3.8, 4) is 0 Å². The third-order valence-corrected chi connectivity index (χ3v) is 8.21. The maximum Gasteiger partial charge on any atom is 0.144 e. The molecule has 2 saturated carbocycles. The molecule has 45 heavy (non-hydrogen) atoms. The zero-order valence-electron chi connectivity index (χ0n) is 25.6. The zero-order valence-corrected chi connectivity index (χ0v) is 27.2. The first-order valence-corrected chi connectivity index (χ1v) is 16.0. The van der Waals surface area contributed by atoms with E-state index in [1.807, 2.05) is 74.5 Å². The molecule has 9 heteroatoms. The van der Waals surface area contributed by atoms with E-state index in [-0.39, 0.29) is 23.8 Å². The Morgan fingerprint density at radius 2 is 1.29 bits per heavy atom. The average molecular weight is 682 g/mol. The molecule has 2 heterocycles. The van der Waals surface area contributed by atoms with Gasteiger partial charge in [0.25, 0.3) is 0 Å². The van der Waals surface area contributed by atoms with Crippen LogP contribution in [0.1, 0.15) is 67.5 Å². The van der Waals surface area contributed by atoms with Crippen LogP contribution in [-0.4, -0.2) is 33.1 Å². The van der Waals surface area contributed by atoms with E-state index >= 15 is 0 Å². The quantitative estimate of drug-likeness (QED) is 0.182. The number of aliphatic hydroxyl groups is 1. The van der Waals surface area contributed by atoms with E-state index in [2.05, 4.69) is 25.9 Å². The third-order valence-electron chi connectivity index (χ3n) is 7.77. The molecule has 1 N–H and O–H groups in total. The summed E-state index contributed by atoms with van der Waals surface area (Å²) in [6, 6.07) is 23.3. The maximum absolute atomic E-state index is 13.5. The molecule has 0 aliphatic heterocycles. The molecule has 2 fully saturated rings. The normalized spacial score (nSPS) is 18.9. The molecular formula is C36H39BrF2N2O4. The van der Waals surface area contributed by atoms with E-state index < -0.39 is 5.60 Å². The Morgan fingerprint density at radius 1 is 0.800 bits per heavy atom. The largest absolute Gasteiger partial charge is 0.383 e. The molecule has 0 bridgehead atoms. The highest BCUT2D eigenvalue weighted by Crippen LogP contribution is 2.42. The van der Waals surface area contributed by atoms with Crippen LogP contribution in [0.15, 0.2) is 89.8 Å². The van der Waals surface area contributed by atoms with E-state index in [1.165, 1.54) is 18.0 Å². The minimum Gasteiger partial charge on any atom is -0.383 e. The van der Waals surface area contributed by atoms with Crippen molar-refractivity contribution in [3.05, 3.63) is 129 Å². The van der Waals surface area contributed by atoms with E-state index in [9.17, 15) is 18.7 Å². The lowest BCUT2D eigenvalue weighted by molar-refractivity contribution is -0.151. The molecule has 0 radical (unpaired) electrons. The summed E-state index contributed by atoms with van der Waals surface area (Å²) in [7, 11) is 0.